The highest BCUT2D eigenvalue weighted by atomic mass is 15.3. The van der Waals surface area contributed by atoms with Crippen molar-refractivity contribution in [2.24, 2.45) is 0 Å². The van der Waals surface area contributed by atoms with E-state index in [9.17, 15) is 0 Å². The molecule has 1 aromatic rings. The molecule has 3 heteroatoms. The van der Waals surface area contributed by atoms with Crippen LogP contribution < -0.4 is 4.90 Å². The summed E-state index contributed by atoms with van der Waals surface area (Å²) in [6, 6.07) is 11.5. The van der Waals surface area contributed by atoms with E-state index in [0.717, 1.165) is 32.6 Å². The predicted octanol–water partition coefficient (Wildman–Crippen LogP) is 2.81. The molecule has 1 atom stereocenters. The molecule has 102 valence electrons. The van der Waals surface area contributed by atoms with Crippen LogP contribution >= 0.6 is 0 Å². The smallest absolute Gasteiger partial charge is 0.0638 e. The van der Waals surface area contributed by atoms with Gasteiger partial charge in [0.15, 0.2) is 0 Å². The van der Waals surface area contributed by atoms with Crippen LogP contribution in [0.5, 0.6) is 0 Å². The average Bonchev–Trinajstić information content (AvgIpc) is 2.45. The van der Waals surface area contributed by atoms with E-state index in [1.165, 1.54) is 11.3 Å². The predicted molar refractivity (Wildman–Crippen MR) is 79.3 cm³/mol. The fourth-order valence-electron chi connectivity index (χ4n) is 2.81. The van der Waals surface area contributed by atoms with Gasteiger partial charge in [-0.15, -0.1) is 0 Å². The van der Waals surface area contributed by atoms with Crippen LogP contribution in [0.4, 0.5) is 5.69 Å². The SMILES string of the molecule is CCC(CC#N)N1CCN(c2cccc(C)c2)CC1. The summed E-state index contributed by atoms with van der Waals surface area (Å²) < 4.78 is 0. The summed E-state index contributed by atoms with van der Waals surface area (Å²) in [5, 5.41) is 8.87. The molecule has 0 bridgehead atoms. The van der Waals surface area contributed by atoms with Gasteiger partial charge in [0.2, 0.25) is 0 Å². The van der Waals surface area contributed by atoms with E-state index < -0.39 is 0 Å². The van der Waals surface area contributed by atoms with E-state index in [0.29, 0.717) is 12.5 Å². The van der Waals surface area contributed by atoms with Gasteiger partial charge in [0, 0.05) is 37.9 Å². The highest BCUT2D eigenvalue weighted by Crippen LogP contribution is 2.19. The molecule has 0 amide bonds. The molecule has 1 aromatic carbocycles. The van der Waals surface area contributed by atoms with Gasteiger partial charge in [0.1, 0.15) is 0 Å². The molecule has 0 aromatic heterocycles. The number of hydrogen-bond acceptors (Lipinski definition) is 3. The number of aryl methyl sites for hydroxylation is 1. The Kier molecular flexibility index (Phi) is 4.81. The fourth-order valence-corrected chi connectivity index (χ4v) is 2.81. The van der Waals surface area contributed by atoms with Gasteiger partial charge in [0.25, 0.3) is 0 Å². The Morgan fingerprint density at radius 1 is 1.26 bits per heavy atom. The third-order valence-corrected chi connectivity index (χ3v) is 4.00. The van der Waals surface area contributed by atoms with Crippen LogP contribution in [0.3, 0.4) is 0 Å². The standard InChI is InChI=1S/C16H23N3/c1-3-15(7-8-17)18-9-11-19(12-10-18)16-6-4-5-14(2)13-16/h4-6,13,15H,3,7,9-12H2,1-2H3. The lowest BCUT2D eigenvalue weighted by Crippen LogP contribution is -2.50. The summed E-state index contributed by atoms with van der Waals surface area (Å²) in [6.07, 6.45) is 1.72. The third-order valence-electron chi connectivity index (χ3n) is 4.00. The maximum absolute atomic E-state index is 8.87. The molecule has 0 aliphatic carbocycles. The number of anilines is 1. The van der Waals surface area contributed by atoms with Crippen LogP contribution in [0.15, 0.2) is 24.3 Å². The zero-order valence-electron chi connectivity index (χ0n) is 12.0. The molecule has 0 N–H and O–H groups in total. The van der Waals surface area contributed by atoms with Gasteiger partial charge in [-0.25, -0.2) is 0 Å². The topological polar surface area (TPSA) is 30.3 Å². The summed E-state index contributed by atoms with van der Waals surface area (Å²) >= 11 is 0. The van der Waals surface area contributed by atoms with Crippen molar-refractivity contribution < 1.29 is 0 Å². The maximum Gasteiger partial charge on any atom is 0.0638 e. The van der Waals surface area contributed by atoms with Crippen LogP contribution in [0, 0.1) is 18.3 Å². The van der Waals surface area contributed by atoms with Gasteiger partial charge < -0.3 is 4.90 Å². The van der Waals surface area contributed by atoms with Gasteiger partial charge in [-0.1, -0.05) is 19.1 Å². The van der Waals surface area contributed by atoms with E-state index in [4.69, 9.17) is 5.26 Å². The number of rotatable bonds is 4. The Labute approximate surface area is 116 Å². The van der Waals surface area contributed by atoms with Crippen molar-refractivity contribution >= 4 is 5.69 Å². The van der Waals surface area contributed by atoms with Gasteiger partial charge >= 0.3 is 0 Å². The van der Waals surface area contributed by atoms with Gasteiger partial charge in [-0.3, -0.25) is 4.90 Å². The quantitative estimate of drug-likeness (QED) is 0.831. The Morgan fingerprint density at radius 2 is 2.00 bits per heavy atom. The second kappa shape index (κ2) is 6.58. The van der Waals surface area contributed by atoms with Gasteiger partial charge in [-0.05, 0) is 31.0 Å². The lowest BCUT2D eigenvalue weighted by Gasteiger charge is -2.39. The molecule has 1 heterocycles. The Morgan fingerprint density at radius 3 is 2.58 bits per heavy atom. The Hall–Kier alpha value is -1.53. The summed E-state index contributed by atoms with van der Waals surface area (Å²) in [4.78, 5) is 4.91. The van der Waals surface area contributed by atoms with Crippen molar-refractivity contribution in [2.45, 2.75) is 32.7 Å². The van der Waals surface area contributed by atoms with Crippen molar-refractivity contribution in [1.29, 1.82) is 5.26 Å². The molecule has 1 fully saturated rings. The summed E-state index contributed by atoms with van der Waals surface area (Å²) in [5.74, 6) is 0. The van der Waals surface area contributed by atoms with E-state index >= 15 is 0 Å². The lowest BCUT2D eigenvalue weighted by molar-refractivity contribution is 0.182. The van der Waals surface area contributed by atoms with E-state index in [1.807, 2.05) is 0 Å². The van der Waals surface area contributed by atoms with Crippen molar-refractivity contribution in [3.05, 3.63) is 29.8 Å². The molecule has 0 spiro atoms. The molecule has 2 rings (SSSR count). The molecule has 1 unspecified atom stereocenters. The molecule has 1 aliphatic rings. The first-order valence-corrected chi connectivity index (χ1v) is 7.17. The average molecular weight is 257 g/mol. The zero-order valence-corrected chi connectivity index (χ0v) is 12.0. The summed E-state index contributed by atoms with van der Waals surface area (Å²) in [5.41, 5.74) is 2.64. The highest BCUT2D eigenvalue weighted by molar-refractivity contribution is 5.48. The molecular weight excluding hydrogens is 234 g/mol. The normalized spacial score (nSPS) is 18.1. The Bertz CT molecular complexity index is 442. The Balaban J connectivity index is 1.94. The number of piperazine rings is 1. The number of nitriles is 1. The first kappa shape index (κ1) is 13.9. The number of hydrogen-bond donors (Lipinski definition) is 0. The lowest BCUT2D eigenvalue weighted by atomic mass is 10.1. The minimum atomic E-state index is 0.435. The highest BCUT2D eigenvalue weighted by Gasteiger charge is 2.22. The van der Waals surface area contributed by atoms with Crippen LogP contribution in [-0.4, -0.2) is 37.1 Å². The first-order chi connectivity index (χ1) is 9.24. The molecule has 0 saturated carbocycles. The van der Waals surface area contributed by atoms with Crippen molar-refractivity contribution in [1.82, 2.24) is 4.90 Å². The van der Waals surface area contributed by atoms with Crippen molar-refractivity contribution in [3.63, 3.8) is 0 Å². The van der Waals surface area contributed by atoms with E-state index in [1.54, 1.807) is 0 Å². The number of benzene rings is 1. The van der Waals surface area contributed by atoms with Gasteiger partial charge in [-0.2, -0.15) is 5.26 Å². The fraction of sp³-hybridized carbons (Fsp3) is 0.562. The monoisotopic (exact) mass is 257 g/mol. The van der Waals surface area contributed by atoms with Crippen LogP contribution in [0.1, 0.15) is 25.3 Å². The molecular formula is C16H23N3. The minimum absolute atomic E-state index is 0.435. The third kappa shape index (κ3) is 3.48. The summed E-state index contributed by atoms with van der Waals surface area (Å²) in [6.45, 7) is 8.56. The van der Waals surface area contributed by atoms with Crippen LogP contribution in [0.2, 0.25) is 0 Å². The number of nitrogens with zero attached hydrogens (tertiary/aromatic N) is 3. The minimum Gasteiger partial charge on any atom is -0.369 e. The van der Waals surface area contributed by atoms with Crippen LogP contribution in [-0.2, 0) is 0 Å². The van der Waals surface area contributed by atoms with E-state index in [2.05, 4.69) is 54.0 Å². The van der Waals surface area contributed by atoms with Crippen LogP contribution in [0.25, 0.3) is 0 Å². The van der Waals surface area contributed by atoms with Crippen molar-refractivity contribution in [3.8, 4) is 6.07 Å². The second-order valence-electron chi connectivity index (χ2n) is 5.29. The zero-order chi connectivity index (χ0) is 13.7. The molecule has 1 saturated heterocycles. The van der Waals surface area contributed by atoms with Gasteiger partial charge in [0.05, 0.1) is 12.5 Å². The molecule has 3 nitrogen and oxygen atoms in total. The summed E-state index contributed by atoms with van der Waals surface area (Å²) in [7, 11) is 0. The molecule has 19 heavy (non-hydrogen) atoms. The van der Waals surface area contributed by atoms with Crippen molar-refractivity contribution in [2.75, 3.05) is 31.1 Å². The van der Waals surface area contributed by atoms with E-state index in [-0.39, 0.29) is 0 Å². The first-order valence-electron chi connectivity index (χ1n) is 7.17. The molecule has 0 radical (unpaired) electrons. The second-order valence-corrected chi connectivity index (χ2v) is 5.29. The largest absolute Gasteiger partial charge is 0.369 e. The molecule has 1 aliphatic heterocycles. The maximum atomic E-state index is 8.87.